The summed E-state index contributed by atoms with van der Waals surface area (Å²) in [6, 6.07) is 12.0. The van der Waals surface area contributed by atoms with Crippen LogP contribution in [0, 0.1) is 6.92 Å². The van der Waals surface area contributed by atoms with Gasteiger partial charge < -0.3 is 5.32 Å². The van der Waals surface area contributed by atoms with Crippen LogP contribution in [-0.4, -0.2) is 10.2 Å². The molecule has 0 amide bonds. The fourth-order valence-corrected chi connectivity index (χ4v) is 1.67. The summed E-state index contributed by atoms with van der Waals surface area (Å²) in [4.78, 5) is 0. The van der Waals surface area contributed by atoms with E-state index in [-0.39, 0.29) is 0 Å². The summed E-state index contributed by atoms with van der Waals surface area (Å²) in [5.74, 6) is 1.32. The van der Waals surface area contributed by atoms with E-state index in [4.69, 9.17) is 11.6 Å². The lowest BCUT2D eigenvalue weighted by Crippen LogP contribution is -2.02. The van der Waals surface area contributed by atoms with E-state index in [2.05, 4.69) is 27.6 Å². The number of anilines is 1. The van der Waals surface area contributed by atoms with Crippen LogP contribution in [0.1, 0.15) is 16.8 Å². The van der Waals surface area contributed by atoms with Gasteiger partial charge in [0.05, 0.1) is 5.69 Å². The molecule has 0 aliphatic carbocycles. The van der Waals surface area contributed by atoms with E-state index in [1.54, 1.807) is 0 Å². The van der Waals surface area contributed by atoms with Crippen LogP contribution >= 0.6 is 11.6 Å². The fraction of sp³-hybridized carbons (Fsp3) is 0.231. The molecule has 3 nitrogen and oxygen atoms in total. The third-order valence-electron chi connectivity index (χ3n) is 2.42. The number of aryl methyl sites for hydroxylation is 1. The van der Waals surface area contributed by atoms with Crippen molar-refractivity contribution >= 4 is 17.4 Å². The summed E-state index contributed by atoms with van der Waals surface area (Å²) < 4.78 is 0. The zero-order chi connectivity index (χ0) is 12.1. The molecular formula is C13H14ClN3. The Kier molecular flexibility index (Phi) is 3.94. The van der Waals surface area contributed by atoms with Crippen LogP contribution in [0.3, 0.4) is 0 Å². The molecular weight excluding hydrogens is 234 g/mol. The van der Waals surface area contributed by atoms with Crippen molar-refractivity contribution in [1.29, 1.82) is 0 Å². The fourth-order valence-electron chi connectivity index (χ4n) is 1.51. The second-order valence-electron chi connectivity index (χ2n) is 3.87. The number of rotatable bonds is 4. The van der Waals surface area contributed by atoms with E-state index < -0.39 is 0 Å². The number of hydrogen-bond donors (Lipinski definition) is 1. The van der Waals surface area contributed by atoms with Gasteiger partial charge in [0.25, 0.3) is 0 Å². The highest BCUT2D eigenvalue weighted by atomic mass is 35.5. The van der Waals surface area contributed by atoms with E-state index >= 15 is 0 Å². The Morgan fingerprint density at radius 3 is 2.65 bits per heavy atom. The van der Waals surface area contributed by atoms with Crippen LogP contribution in [0.5, 0.6) is 0 Å². The maximum Gasteiger partial charge on any atom is 0.148 e. The van der Waals surface area contributed by atoms with Gasteiger partial charge in [0.2, 0.25) is 0 Å². The van der Waals surface area contributed by atoms with Gasteiger partial charge in [0, 0.05) is 12.4 Å². The maximum atomic E-state index is 5.79. The molecule has 0 saturated carbocycles. The molecule has 0 radical (unpaired) electrons. The number of benzene rings is 1. The average molecular weight is 248 g/mol. The average Bonchev–Trinajstić information content (AvgIpc) is 2.38. The van der Waals surface area contributed by atoms with Gasteiger partial charge in [-0.3, -0.25) is 0 Å². The molecule has 1 N–H and O–H groups in total. The van der Waals surface area contributed by atoms with Crippen molar-refractivity contribution in [3.63, 3.8) is 0 Å². The summed E-state index contributed by atoms with van der Waals surface area (Å²) in [6.45, 7) is 2.64. The molecule has 0 atom stereocenters. The van der Waals surface area contributed by atoms with E-state index in [0.29, 0.717) is 5.88 Å². The maximum absolute atomic E-state index is 5.79. The molecule has 0 bridgehead atoms. The first-order chi connectivity index (χ1) is 8.28. The third-order valence-corrected chi connectivity index (χ3v) is 2.73. The Hall–Kier alpha value is -1.61. The number of hydrogen-bond acceptors (Lipinski definition) is 3. The van der Waals surface area contributed by atoms with Crippen LogP contribution in [0.25, 0.3) is 0 Å². The summed E-state index contributed by atoms with van der Waals surface area (Å²) >= 11 is 5.79. The van der Waals surface area contributed by atoms with Crippen LogP contribution in [0.2, 0.25) is 0 Å². The van der Waals surface area contributed by atoms with Gasteiger partial charge in [-0.05, 0) is 30.2 Å². The number of aromatic nitrogens is 2. The van der Waals surface area contributed by atoms with E-state index in [0.717, 1.165) is 23.6 Å². The lowest BCUT2D eigenvalue weighted by atomic mass is 10.1. The van der Waals surface area contributed by atoms with Crippen molar-refractivity contribution in [3.8, 4) is 0 Å². The van der Waals surface area contributed by atoms with Crippen molar-refractivity contribution < 1.29 is 0 Å². The molecule has 0 aliphatic heterocycles. The first-order valence-corrected chi connectivity index (χ1v) is 5.99. The largest absolute Gasteiger partial charge is 0.365 e. The quantitative estimate of drug-likeness (QED) is 0.844. The molecule has 1 heterocycles. The van der Waals surface area contributed by atoms with Gasteiger partial charge in [-0.25, -0.2) is 0 Å². The number of alkyl halides is 1. The molecule has 0 spiro atoms. The summed E-state index contributed by atoms with van der Waals surface area (Å²) in [5.41, 5.74) is 3.23. The van der Waals surface area contributed by atoms with Gasteiger partial charge in [0.15, 0.2) is 0 Å². The van der Waals surface area contributed by atoms with Gasteiger partial charge in [-0.15, -0.1) is 16.7 Å². The smallest absolute Gasteiger partial charge is 0.148 e. The zero-order valence-corrected chi connectivity index (χ0v) is 10.4. The Morgan fingerprint density at radius 2 is 1.94 bits per heavy atom. The van der Waals surface area contributed by atoms with Gasteiger partial charge in [-0.1, -0.05) is 24.3 Å². The second kappa shape index (κ2) is 5.64. The zero-order valence-electron chi connectivity index (χ0n) is 9.65. The molecule has 1 aromatic heterocycles. The van der Waals surface area contributed by atoms with Crippen LogP contribution < -0.4 is 5.32 Å². The summed E-state index contributed by atoms with van der Waals surface area (Å²) in [5, 5.41) is 11.3. The minimum atomic E-state index is 0.540. The second-order valence-corrected chi connectivity index (χ2v) is 4.13. The Labute approximate surface area is 106 Å². The first kappa shape index (κ1) is 11.9. The van der Waals surface area contributed by atoms with Crippen molar-refractivity contribution in [2.75, 3.05) is 5.32 Å². The first-order valence-electron chi connectivity index (χ1n) is 5.46. The highest BCUT2D eigenvalue weighted by Gasteiger charge is 1.97. The Morgan fingerprint density at radius 1 is 1.12 bits per heavy atom. The lowest BCUT2D eigenvalue weighted by molar-refractivity contribution is 0.962. The predicted molar refractivity (Wildman–Crippen MR) is 70.1 cm³/mol. The minimum absolute atomic E-state index is 0.540. The van der Waals surface area contributed by atoms with Crippen LogP contribution in [0.4, 0.5) is 5.82 Å². The molecule has 0 saturated heterocycles. The normalized spacial score (nSPS) is 10.2. The van der Waals surface area contributed by atoms with Crippen molar-refractivity contribution in [2.24, 2.45) is 0 Å². The minimum Gasteiger partial charge on any atom is -0.365 e. The number of nitrogens with zero attached hydrogens (tertiary/aromatic N) is 2. The molecule has 0 unspecified atom stereocenters. The monoisotopic (exact) mass is 247 g/mol. The Balaban J connectivity index is 1.99. The van der Waals surface area contributed by atoms with Crippen LogP contribution in [0.15, 0.2) is 36.4 Å². The third kappa shape index (κ3) is 3.43. The highest BCUT2D eigenvalue weighted by Crippen LogP contribution is 2.10. The summed E-state index contributed by atoms with van der Waals surface area (Å²) in [6.07, 6.45) is 0. The van der Waals surface area contributed by atoms with E-state index in [9.17, 15) is 0 Å². The topological polar surface area (TPSA) is 37.8 Å². The highest BCUT2D eigenvalue weighted by molar-refractivity contribution is 6.17. The van der Waals surface area contributed by atoms with Crippen molar-refractivity contribution in [2.45, 2.75) is 19.3 Å². The standard InChI is InChI=1S/C13H14ClN3/c1-10-5-6-13(17-16-10)15-9-12-4-2-3-11(7-12)8-14/h2-7H,8-9H2,1H3,(H,15,17). The van der Waals surface area contributed by atoms with E-state index in [1.165, 1.54) is 5.56 Å². The lowest BCUT2D eigenvalue weighted by Gasteiger charge is -2.06. The van der Waals surface area contributed by atoms with Crippen molar-refractivity contribution in [3.05, 3.63) is 53.2 Å². The van der Waals surface area contributed by atoms with Crippen molar-refractivity contribution in [1.82, 2.24) is 10.2 Å². The van der Waals surface area contributed by atoms with Gasteiger partial charge in [-0.2, -0.15) is 5.10 Å². The molecule has 2 aromatic rings. The number of nitrogens with one attached hydrogen (secondary N) is 1. The number of halogens is 1. The van der Waals surface area contributed by atoms with Gasteiger partial charge >= 0.3 is 0 Å². The SMILES string of the molecule is Cc1ccc(NCc2cccc(CCl)c2)nn1. The summed E-state index contributed by atoms with van der Waals surface area (Å²) in [7, 11) is 0. The van der Waals surface area contributed by atoms with Gasteiger partial charge in [0.1, 0.15) is 5.82 Å². The predicted octanol–water partition coefficient (Wildman–Crippen LogP) is 3.14. The molecule has 2 rings (SSSR count). The molecule has 4 heteroatoms. The van der Waals surface area contributed by atoms with Crippen LogP contribution in [-0.2, 0) is 12.4 Å². The molecule has 1 aromatic carbocycles. The molecule has 0 aliphatic rings. The molecule has 17 heavy (non-hydrogen) atoms. The van der Waals surface area contributed by atoms with E-state index in [1.807, 2.05) is 31.2 Å². The molecule has 0 fully saturated rings. The Bertz CT molecular complexity index is 482. The molecule has 88 valence electrons.